The van der Waals surface area contributed by atoms with Crippen molar-refractivity contribution in [2.45, 2.75) is 18.3 Å². The highest BCUT2D eigenvalue weighted by Gasteiger charge is 2.52. The summed E-state index contributed by atoms with van der Waals surface area (Å²) in [7, 11) is 1.85. The highest BCUT2D eigenvalue weighted by molar-refractivity contribution is 6.04. The Hall–Kier alpha value is -2.17. The summed E-state index contributed by atoms with van der Waals surface area (Å²) < 4.78 is 1.72. The van der Waals surface area contributed by atoms with E-state index >= 15 is 0 Å². The van der Waals surface area contributed by atoms with Crippen LogP contribution in [0.2, 0.25) is 0 Å². The lowest BCUT2D eigenvalue weighted by atomic mass is 9.92. The summed E-state index contributed by atoms with van der Waals surface area (Å²) in [5.41, 5.74) is 7.20. The van der Waals surface area contributed by atoms with Gasteiger partial charge in [-0.15, -0.1) is 0 Å². The first-order chi connectivity index (χ1) is 8.62. The second-order valence-electron chi connectivity index (χ2n) is 4.79. The van der Waals surface area contributed by atoms with E-state index in [2.05, 4.69) is 10.1 Å². The Morgan fingerprint density at radius 1 is 1.39 bits per heavy atom. The molecule has 5 nitrogen and oxygen atoms in total. The van der Waals surface area contributed by atoms with Crippen LogP contribution in [0, 0.1) is 0 Å². The molecule has 3 rings (SSSR count). The Bertz CT molecular complexity index is 596. The normalized spacial score (nSPS) is 16.5. The van der Waals surface area contributed by atoms with E-state index in [0.717, 1.165) is 18.4 Å². The maximum atomic E-state index is 12.5. The topological polar surface area (TPSA) is 73.8 Å². The fourth-order valence-electron chi connectivity index (χ4n) is 2.22. The second-order valence-corrected chi connectivity index (χ2v) is 4.79. The number of hydrogen-bond donors (Lipinski definition) is 1. The Balaban J connectivity index is 1.95. The minimum atomic E-state index is -0.405. The molecule has 2 aromatic rings. The summed E-state index contributed by atoms with van der Waals surface area (Å²) >= 11 is 0. The Labute approximate surface area is 105 Å². The van der Waals surface area contributed by atoms with E-state index in [1.807, 2.05) is 13.2 Å². The standard InChI is InChI=1S/C13H14N4O/c1-17-8-9(6-16-17)13(4-5-13)12(18)11-3-2-10(14)7-15-11/h2-3,6-8H,4-5,14H2,1H3. The lowest BCUT2D eigenvalue weighted by molar-refractivity contribution is 0.0941. The maximum Gasteiger partial charge on any atom is 0.191 e. The fraction of sp³-hybridized carbons (Fsp3) is 0.308. The molecule has 2 N–H and O–H groups in total. The molecule has 0 unspecified atom stereocenters. The number of carbonyl (C=O) groups excluding carboxylic acids is 1. The van der Waals surface area contributed by atoms with Gasteiger partial charge in [-0.25, -0.2) is 0 Å². The van der Waals surface area contributed by atoms with Crippen molar-refractivity contribution >= 4 is 11.5 Å². The molecule has 0 aliphatic heterocycles. The predicted molar refractivity (Wildman–Crippen MR) is 67.1 cm³/mol. The van der Waals surface area contributed by atoms with Gasteiger partial charge in [-0.2, -0.15) is 5.10 Å². The highest BCUT2D eigenvalue weighted by Crippen LogP contribution is 2.50. The fourth-order valence-corrected chi connectivity index (χ4v) is 2.22. The van der Waals surface area contributed by atoms with Crippen LogP contribution in [0.15, 0.2) is 30.7 Å². The van der Waals surface area contributed by atoms with Crippen LogP contribution in [0.3, 0.4) is 0 Å². The molecule has 2 heterocycles. The zero-order valence-electron chi connectivity index (χ0n) is 10.1. The van der Waals surface area contributed by atoms with Gasteiger partial charge in [0.05, 0.1) is 23.5 Å². The number of aromatic nitrogens is 3. The molecule has 0 saturated heterocycles. The third kappa shape index (κ3) is 1.59. The predicted octanol–water partition coefficient (Wildman–Crippen LogP) is 1.31. The molecule has 0 bridgehead atoms. The molecule has 5 heteroatoms. The van der Waals surface area contributed by atoms with Gasteiger partial charge in [0.2, 0.25) is 0 Å². The van der Waals surface area contributed by atoms with E-state index in [0.29, 0.717) is 11.4 Å². The van der Waals surface area contributed by atoms with Gasteiger partial charge < -0.3 is 5.73 Å². The summed E-state index contributed by atoms with van der Waals surface area (Å²) in [6, 6.07) is 3.40. The molecular weight excluding hydrogens is 228 g/mol. The zero-order chi connectivity index (χ0) is 12.8. The van der Waals surface area contributed by atoms with E-state index in [4.69, 9.17) is 5.73 Å². The van der Waals surface area contributed by atoms with E-state index in [9.17, 15) is 4.79 Å². The second kappa shape index (κ2) is 3.66. The van der Waals surface area contributed by atoms with Crippen molar-refractivity contribution < 1.29 is 4.79 Å². The van der Waals surface area contributed by atoms with Crippen LogP contribution in [-0.2, 0) is 12.5 Å². The number of hydrogen-bond acceptors (Lipinski definition) is 4. The van der Waals surface area contributed by atoms with Gasteiger partial charge in [0, 0.05) is 18.8 Å². The lowest BCUT2D eigenvalue weighted by Crippen LogP contribution is -2.21. The van der Waals surface area contributed by atoms with Crippen LogP contribution in [-0.4, -0.2) is 20.5 Å². The Kier molecular flexibility index (Phi) is 2.23. The summed E-state index contributed by atoms with van der Waals surface area (Å²) in [6.07, 6.45) is 6.92. The summed E-state index contributed by atoms with van der Waals surface area (Å²) in [6.45, 7) is 0. The molecule has 92 valence electrons. The molecule has 0 spiro atoms. The summed E-state index contributed by atoms with van der Waals surface area (Å²) in [4.78, 5) is 16.6. The van der Waals surface area contributed by atoms with Gasteiger partial charge in [0.25, 0.3) is 0 Å². The number of pyridine rings is 1. The zero-order valence-corrected chi connectivity index (χ0v) is 10.1. The highest BCUT2D eigenvalue weighted by atomic mass is 16.1. The first-order valence-corrected chi connectivity index (χ1v) is 5.87. The molecule has 0 radical (unpaired) electrons. The molecule has 0 atom stereocenters. The number of Topliss-reactive ketones (excluding diaryl/α,β-unsaturated/α-hetero) is 1. The van der Waals surface area contributed by atoms with Gasteiger partial charge in [-0.3, -0.25) is 14.5 Å². The van der Waals surface area contributed by atoms with Crippen LogP contribution in [0.5, 0.6) is 0 Å². The van der Waals surface area contributed by atoms with Crippen LogP contribution >= 0.6 is 0 Å². The Morgan fingerprint density at radius 2 is 2.17 bits per heavy atom. The molecule has 2 aromatic heterocycles. The lowest BCUT2D eigenvalue weighted by Gasteiger charge is -2.11. The number of nitrogen functional groups attached to an aromatic ring is 1. The Morgan fingerprint density at radius 3 is 2.67 bits per heavy atom. The minimum Gasteiger partial charge on any atom is -0.397 e. The average Bonchev–Trinajstić information content (AvgIpc) is 3.07. The van der Waals surface area contributed by atoms with Crippen molar-refractivity contribution in [2.24, 2.45) is 7.05 Å². The molecule has 1 fully saturated rings. The number of ketones is 1. The van der Waals surface area contributed by atoms with Crippen LogP contribution in [0.25, 0.3) is 0 Å². The minimum absolute atomic E-state index is 0.0653. The van der Waals surface area contributed by atoms with Gasteiger partial charge in [-0.1, -0.05) is 0 Å². The van der Waals surface area contributed by atoms with E-state index in [1.165, 1.54) is 6.20 Å². The number of nitrogens with zero attached hydrogens (tertiary/aromatic N) is 3. The number of anilines is 1. The van der Waals surface area contributed by atoms with Crippen LogP contribution in [0.4, 0.5) is 5.69 Å². The quantitative estimate of drug-likeness (QED) is 0.823. The van der Waals surface area contributed by atoms with Crippen molar-refractivity contribution in [1.82, 2.24) is 14.8 Å². The molecule has 1 aliphatic rings. The van der Waals surface area contributed by atoms with Crippen LogP contribution < -0.4 is 5.73 Å². The molecule has 1 aliphatic carbocycles. The number of rotatable bonds is 3. The maximum absolute atomic E-state index is 12.5. The smallest absolute Gasteiger partial charge is 0.191 e. The third-order valence-corrected chi connectivity index (χ3v) is 3.46. The van der Waals surface area contributed by atoms with Crippen LogP contribution in [0.1, 0.15) is 28.9 Å². The van der Waals surface area contributed by atoms with E-state index < -0.39 is 5.41 Å². The average molecular weight is 242 g/mol. The molecule has 18 heavy (non-hydrogen) atoms. The van der Waals surface area contributed by atoms with E-state index in [1.54, 1.807) is 23.0 Å². The number of aryl methyl sites for hydroxylation is 1. The van der Waals surface area contributed by atoms with Crippen molar-refractivity contribution in [3.8, 4) is 0 Å². The molecule has 1 saturated carbocycles. The van der Waals surface area contributed by atoms with Gasteiger partial charge >= 0.3 is 0 Å². The number of nitrogens with two attached hydrogens (primary N) is 1. The van der Waals surface area contributed by atoms with Gasteiger partial charge in [-0.05, 0) is 25.0 Å². The number of carbonyl (C=O) groups is 1. The van der Waals surface area contributed by atoms with Crippen molar-refractivity contribution in [3.63, 3.8) is 0 Å². The summed E-state index contributed by atoms with van der Waals surface area (Å²) in [5, 5.41) is 4.14. The summed E-state index contributed by atoms with van der Waals surface area (Å²) in [5.74, 6) is 0.0653. The first-order valence-electron chi connectivity index (χ1n) is 5.87. The monoisotopic (exact) mass is 242 g/mol. The van der Waals surface area contributed by atoms with Crippen molar-refractivity contribution in [1.29, 1.82) is 0 Å². The van der Waals surface area contributed by atoms with Gasteiger partial charge in [0.15, 0.2) is 5.78 Å². The molecule has 0 aromatic carbocycles. The first kappa shape index (κ1) is 11.0. The van der Waals surface area contributed by atoms with Crippen molar-refractivity contribution in [3.05, 3.63) is 42.0 Å². The third-order valence-electron chi connectivity index (χ3n) is 3.46. The SMILES string of the molecule is Cn1cc(C2(C(=O)c3ccc(N)cn3)CC2)cn1. The molecule has 0 amide bonds. The van der Waals surface area contributed by atoms with Crippen molar-refractivity contribution in [2.75, 3.05) is 5.73 Å². The molecular formula is C13H14N4O. The van der Waals surface area contributed by atoms with Gasteiger partial charge in [0.1, 0.15) is 5.69 Å². The van der Waals surface area contributed by atoms with E-state index in [-0.39, 0.29) is 5.78 Å². The largest absolute Gasteiger partial charge is 0.397 e.